The molecule has 0 bridgehead atoms. The molecule has 23 heavy (non-hydrogen) atoms. The number of benzene rings is 1. The quantitative estimate of drug-likeness (QED) is 0.867. The predicted molar refractivity (Wildman–Crippen MR) is 93.6 cm³/mol. The van der Waals surface area contributed by atoms with Crippen molar-refractivity contribution in [3.8, 4) is 0 Å². The lowest BCUT2D eigenvalue weighted by Gasteiger charge is -2.17. The molecular formula is C16H20N2O3S2. The predicted octanol–water partition coefficient (Wildman–Crippen LogP) is 3.34. The molecule has 0 aliphatic heterocycles. The second kappa shape index (κ2) is 7.25. The fourth-order valence-corrected chi connectivity index (χ4v) is 4.73. The monoisotopic (exact) mass is 352 g/mol. The number of hydrogen-bond acceptors (Lipinski definition) is 4. The summed E-state index contributed by atoms with van der Waals surface area (Å²) < 4.78 is 26.2. The summed E-state index contributed by atoms with van der Waals surface area (Å²) in [5.74, 6) is -0.306. The Morgan fingerprint density at radius 3 is 2.35 bits per heavy atom. The number of nitrogens with one attached hydrogen (secondary N) is 1. The highest BCUT2D eigenvalue weighted by atomic mass is 32.2. The van der Waals surface area contributed by atoms with Crippen LogP contribution in [0.4, 0.5) is 5.69 Å². The van der Waals surface area contributed by atoms with Gasteiger partial charge in [0, 0.05) is 24.2 Å². The van der Waals surface area contributed by atoms with Crippen molar-refractivity contribution in [2.75, 3.05) is 18.4 Å². The van der Waals surface area contributed by atoms with Gasteiger partial charge in [0.1, 0.15) is 0 Å². The van der Waals surface area contributed by atoms with E-state index < -0.39 is 10.0 Å². The third-order valence-corrected chi connectivity index (χ3v) is 6.56. The Morgan fingerprint density at radius 1 is 1.17 bits per heavy atom. The van der Waals surface area contributed by atoms with Gasteiger partial charge in [0.2, 0.25) is 10.0 Å². The van der Waals surface area contributed by atoms with Gasteiger partial charge in [-0.15, -0.1) is 11.3 Å². The maximum absolute atomic E-state index is 12.4. The Morgan fingerprint density at radius 2 is 1.78 bits per heavy atom. The van der Waals surface area contributed by atoms with Crippen molar-refractivity contribution in [2.24, 2.45) is 0 Å². The molecule has 1 amide bonds. The van der Waals surface area contributed by atoms with Gasteiger partial charge >= 0.3 is 0 Å². The summed E-state index contributed by atoms with van der Waals surface area (Å²) in [6, 6.07) is 8.87. The summed E-state index contributed by atoms with van der Waals surface area (Å²) >= 11 is 1.13. The van der Waals surface area contributed by atoms with E-state index in [0.717, 1.165) is 16.9 Å². The van der Waals surface area contributed by atoms with Crippen LogP contribution in [0.5, 0.6) is 0 Å². The van der Waals surface area contributed by atoms with Crippen molar-refractivity contribution in [3.63, 3.8) is 0 Å². The van der Waals surface area contributed by atoms with E-state index in [0.29, 0.717) is 23.7 Å². The fourth-order valence-electron chi connectivity index (χ4n) is 2.12. The average Bonchev–Trinajstić information content (AvgIpc) is 3.01. The first-order valence-corrected chi connectivity index (χ1v) is 9.67. The topological polar surface area (TPSA) is 66.5 Å². The molecule has 1 aromatic heterocycles. The lowest BCUT2D eigenvalue weighted by Crippen LogP contribution is -2.30. The van der Waals surface area contributed by atoms with E-state index in [4.69, 9.17) is 0 Å². The second-order valence-corrected chi connectivity index (χ2v) is 7.91. The molecular weight excluding hydrogens is 332 g/mol. The number of carbonyl (C=O) groups excluding carboxylic acids is 1. The number of rotatable bonds is 6. The summed E-state index contributed by atoms with van der Waals surface area (Å²) in [6.07, 6.45) is 0. The summed E-state index contributed by atoms with van der Waals surface area (Å²) in [5, 5.41) is 4.28. The maximum Gasteiger partial charge on any atom is 0.265 e. The van der Waals surface area contributed by atoms with Crippen LogP contribution < -0.4 is 5.32 Å². The molecule has 1 N–H and O–H groups in total. The highest BCUT2D eigenvalue weighted by molar-refractivity contribution is 7.89. The Labute approximate surface area is 141 Å². The average molecular weight is 352 g/mol. The van der Waals surface area contributed by atoms with E-state index >= 15 is 0 Å². The van der Waals surface area contributed by atoms with Crippen molar-refractivity contribution in [1.82, 2.24) is 4.31 Å². The SMILES string of the molecule is CCN(CC)S(=O)(=O)c1csc(C(=O)Nc2ccc(C)cc2)c1. The number of aryl methyl sites for hydroxylation is 1. The van der Waals surface area contributed by atoms with Gasteiger partial charge in [-0.2, -0.15) is 4.31 Å². The molecule has 2 rings (SSSR count). The van der Waals surface area contributed by atoms with Crippen molar-refractivity contribution in [3.05, 3.63) is 46.2 Å². The standard InChI is InChI=1S/C16H20N2O3S2/c1-4-18(5-2)23(20,21)14-10-15(22-11-14)16(19)17-13-8-6-12(3)7-9-13/h6-11H,4-5H2,1-3H3,(H,17,19). The number of anilines is 1. The van der Waals surface area contributed by atoms with Crippen LogP contribution in [0.1, 0.15) is 29.1 Å². The van der Waals surface area contributed by atoms with Gasteiger partial charge in [0.05, 0.1) is 9.77 Å². The number of amides is 1. The van der Waals surface area contributed by atoms with E-state index in [-0.39, 0.29) is 10.8 Å². The highest BCUT2D eigenvalue weighted by Gasteiger charge is 2.24. The summed E-state index contributed by atoms with van der Waals surface area (Å²) in [6.45, 7) is 6.35. The van der Waals surface area contributed by atoms with E-state index in [1.54, 1.807) is 13.8 Å². The van der Waals surface area contributed by atoms with Crippen LogP contribution in [0.3, 0.4) is 0 Å². The number of hydrogen-bond donors (Lipinski definition) is 1. The van der Waals surface area contributed by atoms with Crippen LogP contribution >= 0.6 is 11.3 Å². The molecule has 5 nitrogen and oxygen atoms in total. The first-order valence-electron chi connectivity index (χ1n) is 7.35. The molecule has 1 aromatic carbocycles. The van der Waals surface area contributed by atoms with Gasteiger partial charge in [0.15, 0.2) is 0 Å². The van der Waals surface area contributed by atoms with Crippen molar-refractivity contribution in [2.45, 2.75) is 25.7 Å². The van der Waals surface area contributed by atoms with Gasteiger partial charge in [-0.05, 0) is 25.1 Å². The fraction of sp³-hybridized carbons (Fsp3) is 0.312. The van der Waals surface area contributed by atoms with Crippen LogP contribution in [0.25, 0.3) is 0 Å². The lowest BCUT2D eigenvalue weighted by atomic mass is 10.2. The third-order valence-electron chi connectivity index (χ3n) is 3.45. The first kappa shape index (κ1) is 17.7. The molecule has 0 saturated heterocycles. The van der Waals surface area contributed by atoms with Crippen LogP contribution in [0.2, 0.25) is 0 Å². The molecule has 0 atom stereocenters. The van der Waals surface area contributed by atoms with Crippen molar-refractivity contribution < 1.29 is 13.2 Å². The number of nitrogens with zero attached hydrogens (tertiary/aromatic N) is 1. The molecule has 0 radical (unpaired) electrons. The Hall–Kier alpha value is -1.70. The smallest absolute Gasteiger partial charge is 0.265 e. The van der Waals surface area contributed by atoms with Crippen LogP contribution in [0.15, 0.2) is 40.6 Å². The molecule has 124 valence electrons. The second-order valence-electron chi connectivity index (χ2n) is 5.06. The minimum absolute atomic E-state index is 0.167. The maximum atomic E-state index is 12.4. The van der Waals surface area contributed by atoms with Crippen LogP contribution in [-0.2, 0) is 10.0 Å². The van der Waals surface area contributed by atoms with Gasteiger partial charge in [-0.25, -0.2) is 8.42 Å². The van der Waals surface area contributed by atoms with Gasteiger partial charge in [-0.1, -0.05) is 31.5 Å². The Balaban J connectivity index is 2.18. The zero-order chi connectivity index (χ0) is 17.0. The Bertz CT molecular complexity index is 776. The minimum atomic E-state index is -3.53. The van der Waals surface area contributed by atoms with Crippen LogP contribution in [0, 0.1) is 6.92 Å². The first-order chi connectivity index (χ1) is 10.9. The number of sulfonamides is 1. The summed E-state index contributed by atoms with van der Waals surface area (Å²) in [7, 11) is -3.53. The van der Waals surface area contributed by atoms with E-state index in [9.17, 15) is 13.2 Å². The summed E-state index contributed by atoms with van der Waals surface area (Å²) in [4.78, 5) is 12.8. The zero-order valence-corrected chi connectivity index (χ0v) is 15.0. The number of thiophene rings is 1. The third kappa shape index (κ3) is 3.99. The molecule has 0 unspecified atom stereocenters. The molecule has 2 aromatic rings. The molecule has 1 heterocycles. The van der Waals surface area contributed by atoms with Gasteiger partial charge in [-0.3, -0.25) is 4.79 Å². The molecule has 7 heteroatoms. The van der Waals surface area contributed by atoms with Crippen molar-refractivity contribution in [1.29, 1.82) is 0 Å². The van der Waals surface area contributed by atoms with E-state index in [2.05, 4.69) is 5.32 Å². The minimum Gasteiger partial charge on any atom is -0.321 e. The largest absolute Gasteiger partial charge is 0.321 e. The summed E-state index contributed by atoms with van der Waals surface area (Å²) in [5.41, 5.74) is 1.79. The molecule has 0 aliphatic carbocycles. The molecule has 0 aliphatic rings. The van der Waals surface area contributed by atoms with Crippen molar-refractivity contribution >= 4 is 33.0 Å². The normalized spacial score (nSPS) is 11.7. The molecule has 0 saturated carbocycles. The molecule has 0 spiro atoms. The molecule has 0 fully saturated rings. The Kier molecular flexibility index (Phi) is 5.56. The number of carbonyl (C=O) groups is 1. The van der Waals surface area contributed by atoms with E-state index in [1.165, 1.54) is 15.8 Å². The van der Waals surface area contributed by atoms with Gasteiger partial charge in [0.25, 0.3) is 5.91 Å². The van der Waals surface area contributed by atoms with E-state index in [1.807, 2.05) is 31.2 Å². The lowest BCUT2D eigenvalue weighted by molar-refractivity contribution is 0.103. The van der Waals surface area contributed by atoms with Gasteiger partial charge < -0.3 is 5.32 Å². The van der Waals surface area contributed by atoms with Crippen LogP contribution in [-0.4, -0.2) is 31.7 Å². The highest BCUT2D eigenvalue weighted by Crippen LogP contribution is 2.23. The zero-order valence-electron chi connectivity index (χ0n) is 13.4.